The van der Waals surface area contributed by atoms with Crippen LogP contribution in [0.1, 0.15) is 57.8 Å². The van der Waals surface area contributed by atoms with Gasteiger partial charge in [0.2, 0.25) is 0 Å². The standard InChI is InChI=1S/C28H40FN5O4S/c1-18(2)17-38-23-14-20(13-21(29)15-23)25-8-7-24(26(31-25)34-12-9-19(3)28(34,4)5)27(35)32-39(36,37)33-11-10-22(16-33)30-6/h7-8,13-15,18-19,22,30H,9-12,16-17H2,1-6H3,(H,32,35). The molecular formula is C28H40FN5O4S. The number of carbonyl (C=O) groups excluding carboxylic acids is 1. The molecule has 1 aromatic heterocycles. The number of ether oxygens (including phenoxy) is 1. The van der Waals surface area contributed by atoms with Crippen molar-refractivity contribution in [3.05, 3.63) is 41.7 Å². The van der Waals surface area contributed by atoms with Gasteiger partial charge in [0.15, 0.2) is 0 Å². The van der Waals surface area contributed by atoms with E-state index in [4.69, 9.17) is 9.72 Å². The van der Waals surface area contributed by atoms with Gasteiger partial charge in [0.05, 0.1) is 17.9 Å². The molecule has 2 fully saturated rings. The van der Waals surface area contributed by atoms with Gasteiger partial charge in [-0.25, -0.2) is 14.1 Å². The summed E-state index contributed by atoms with van der Waals surface area (Å²) in [6.45, 7) is 12.1. The zero-order chi connectivity index (χ0) is 28.5. The Morgan fingerprint density at radius 1 is 1.21 bits per heavy atom. The predicted molar refractivity (Wildman–Crippen MR) is 151 cm³/mol. The molecule has 2 aromatic rings. The highest BCUT2D eigenvalue weighted by atomic mass is 32.2. The van der Waals surface area contributed by atoms with Crippen molar-refractivity contribution in [2.75, 3.05) is 38.2 Å². The fourth-order valence-corrected chi connectivity index (χ4v) is 6.27. The van der Waals surface area contributed by atoms with E-state index < -0.39 is 21.9 Å². The van der Waals surface area contributed by atoms with Crippen molar-refractivity contribution < 1.29 is 22.3 Å². The molecule has 3 heterocycles. The molecule has 39 heavy (non-hydrogen) atoms. The monoisotopic (exact) mass is 561 g/mol. The third-order valence-corrected chi connectivity index (χ3v) is 9.39. The molecule has 2 unspecified atom stereocenters. The van der Waals surface area contributed by atoms with E-state index in [0.717, 1.165) is 6.42 Å². The third kappa shape index (κ3) is 6.36. The van der Waals surface area contributed by atoms with E-state index in [1.54, 1.807) is 25.2 Å². The Kier molecular flexibility index (Phi) is 8.53. The van der Waals surface area contributed by atoms with Gasteiger partial charge in [-0.2, -0.15) is 12.7 Å². The Morgan fingerprint density at radius 3 is 2.56 bits per heavy atom. The lowest BCUT2D eigenvalue weighted by Gasteiger charge is -2.36. The average Bonchev–Trinajstić information content (AvgIpc) is 3.46. The van der Waals surface area contributed by atoms with Gasteiger partial charge in [-0.1, -0.05) is 20.8 Å². The maximum absolute atomic E-state index is 14.5. The first kappa shape index (κ1) is 29.2. The summed E-state index contributed by atoms with van der Waals surface area (Å²) < 4.78 is 49.9. The SMILES string of the molecule is CNC1CCN(S(=O)(=O)NC(=O)c2ccc(-c3cc(F)cc(OCC(C)C)c3)nc2N2CCC(C)C2(C)C)C1. The van der Waals surface area contributed by atoms with E-state index in [0.29, 0.717) is 61.4 Å². The number of carbonyl (C=O) groups is 1. The molecule has 214 valence electrons. The van der Waals surface area contributed by atoms with Gasteiger partial charge >= 0.3 is 10.2 Å². The number of hydrogen-bond acceptors (Lipinski definition) is 7. The summed E-state index contributed by atoms with van der Waals surface area (Å²) in [6.07, 6.45) is 1.56. The molecule has 2 saturated heterocycles. The molecule has 4 rings (SSSR count). The lowest BCUT2D eigenvalue weighted by atomic mass is 9.90. The van der Waals surface area contributed by atoms with Crippen LogP contribution >= 0.6 is 0 Å². The van der Waals surface area contributed by atoms with Crippen LogP contribution in [0, 0.1) is 17.7 Å². The third-order valence-electron chi connectivity index (χ3n) is 7.93. The molecule has 11 heteroatoms. The van der Waals surface area contributed by atoms with Crippen molar-refractivity contribution in [2.24, 2.45) is 11.8 Å². The number of halogens is 1. The van der Waals surface area contributed by atoms with Gasteiger partial charge in [-0.05, 0) is 69.8 Å². The molecule has 2 N–H and O–H groups in total. The van der Waals surface area contributed by atoms with Crippen molar-refractivity contribution in [1.82, 2.24) is 19.3 Å². The molecule has 0 aliphatic carbocycles. The highest BCUT2D eigenvalue weighted by molar-refractivity contribution is 7.87. The van der Waals surface area contributed by atoms with E-state index in [1.807, 2.05) is 18.7 Å². The number of benzene rings is 1. The molecule has 1 amide bonds. The molecule has 0 radical (unpaired) electrons. The summed E-state index contributed by atoms with van der Waals surface area (Å²) in [7, 11) is -2.25. The van der Waals surface area contributed by atoms with Crippen molar-refractivity contribution in [3.63, 3.8) is 0 Å². The molecule has 9 nitrogen and oxygen atoms in total. The number of rotatable bonds is 9. The van der Waals surface area contributed by atoms with E-state index >= 15 is 0 Å². The second-order valence-corrected chi connectivity index (χ2v) is 13.2. The number of amides is 1. The summed E-state index contributed by atoms with van der Waals surface area (Å²) in [5, 5.41) is 3.08. The number of anilines is 1. The Balaban J connectivity index is 1.71. The highest BCUT2D eigenvalue weighted by Crippen LogP contribution is 2.39. The van der Waals surface area contributed by atoms with Crippen LogP contribution < -0.4 is 19.7 Å². The molecule has 0 saturated carbocycles. The van der Waals surface area contributed by atoms with E-state index in [1.165, 1.54) is 16.4 Å². The predicted octanol–water partition coefficient (Wildman–Crippen LogP) is 3.82. The Labute approximate surface area is 231 Å². The summed E-state index contributed by atoms with van der Waals surface area (Å²) in [6, 6.07) is 7.67. The largest absolute Gasteiger partial charge is 0.493 e. The Bertz CT molecular complexity index is 1320. The average molecular weight is 562 g/mol. The topological polar surface area (TPSA) is 104 Å². The van der Waals surface area contributed by atoms with E-state index in [-0.39, 0.29) is 23.1 Å². The molecule has 0 spiro atoms. The lowest BCUT2D eigenvalue weighted by Crippen LogP contribution is -2.45. The number of pyridine rings is 1. The van der Waals surface area contributed by atoms with Gasteiger partial charge in [0.1, 0.15) is 17.4 Å². The fraction of sp³-hybridized carbons (Fsp3) is 0.571. The second-order valence-electron chi connectivity index (χ2n) is 11.5. The van der Waals surface area contributed by atoms with Crippen LogP contribution in [0.2, 0.25) is 0 Å². The van der Waals surface area contributed by atoms with Gasteiger partial charge in [0, 0.05) is 42.8 Å². The van der Waals surface area contributed by atoms with Crippen LogP contribution in [0.25, 0.3) is 11.3 Å². The van der Waals surface area contributed by atoms with Crippen LogP contribution in [0.3, 0.4) is 0 Å². The van der Waals surface area contributed by atoms with Gasteiger partial charge in [0.25, 0.3) is 5.91 Å². The Hall–Kier alpha value is -2.76. The fourth-order valence-electron chi connectivity index (χ4n) is 5.08. The molecule has 2 aliphatic rings. The van der Waals surface area contributed by atoms with Gasteiger partial charge < -0.3 is 15.0 Å². The minimum Gasteiger partial charge on any atom is -0.493 e. The van der Waals surface area contributed by atoms with Crippen molar-refractivity contribution >= 4 is 21.9 Å². The summed E-state index contributed by atoms with van der Waals surface area (Å²) in [4.78, 5) is 20.3. The molecule has 0 bridgehead atoms. The van der Waals surface area contributed by atoms with Gasteiger partial charge in [-0.15, -0.1) is 0 Å². The van der Waals surface area contributed by atoms with Gasteiger partial charge in [-0.3, -0.25) is 4.79 Å². The Morgan fingerprint density at radius 2 is 1.95 bits per heavy atom. The van der Waals surface area contributed by atoms with E-state index in [2.05, 4.69) is 30.8 Å². The first-order chi connectivity index (χ1) is 18.3. The summed E-state index contributed by atoms with van der Waals surface area (Å²) in [5.41, 5.74) is 0.795. The maximum atomic E-state index is 14.5. The van der Waals surface area contributed by atoms with Crippen LogP contribution in [-0.4, -0.2) is 68.5 Å². The minimum atomic E-state index is -4.04. The number of nitrogens with zero attached hydrogens (tertiary/aromatic N) is 3. The number of likely N-dealkylation sites (N-methyl/N-ethyl adjacent to an activating group) is 1. The van der Waals surface area contributed by atoms with Crippen molar-refractivity contribution in [3.8, 4) is 17.0 Å². The minimum absolute atomic E-state index is 0.0424. The quantitative estimate of drug-likeness (QED) is 0.480. The zero-order valence-corrected chi connectivity index (χ0v) is 24.4. The van der Waals surface area contributed by atoms with Crippen LogP contribution in [0.15, 0.2) is 30.3 Å². The number of aromatic nitrogens is 1. The van der Waals surface area contributed by atoms with Crippen LogP contribution in [0.5, 0.6) is 5.75 Å². The first-order valence-electron chi connectivity index (χ1n) is 13.5. The lowest BCUT2D eigenvalue weighted by molar-refractivity contribution is 0.0979. The molecule has 2 atom stereocenters. The second kappa shape index (κ2) is 11.4. The summed E-state index contributed by atoms with van der Waals surface area (Å²) in [5.74, 6) is 0.166. The van der Waals surface area contributed by atoms with Crippen LogP contribution in [0.4, 0.5) is 10.2 Å². The highest BCUT2D eigenvalue weighted by Gasteiger charge is 2.41. The molecular weight excluding hydrogens is 521 g/mol. The maximum Gasteiger partial charge on any atom is 0.304 e. The van der Waals surface area contributed by atoms with Crippen molar-refractivity contribution in [1.29, 1.82) is 0 Å². The van der Waals surface area contributed by atoms with E-state index in [9.17, 15) is 17.6 Å². The smallest absolute Gasteiger partial charge is 0.304 e. The first-order valence-corrected chi connectivity index (χ1v) is 15.0. The molecule has 1 aromatic carbocycles. The number of nitrogens with one attached hydrogen (secondary N) is 2. The van der Waals surface area contributed by atoms with Crippen LogP contribution in [-0.2, 0) is 10.2 Å². The normalized spacial score (nSPS) is 21.5. The summed E-state index contributed by atoms with van der Waals surface area (Å²) >= 11 is 0. The number of hydrogen-bond donors (Lipinski definition) is 2. The molecule has 2 aliphatic heterocycles. The van der Waals surface area contributed by atoms with Crippen molar-refractivity contribution in [2.45, 2.75) is 59.0 Å². The zero-order valence-electron chi connectivity index (χ0n) is 23.6.